The van der Waals surface area contributed by atoms with E-state index in [-0.39, 0.29) is 18.6 Å². The third-order valence-corrected chi connectivity index (χ3v) is 3.98. The maximum absolute atomic E-state index is 12.0. The van der Waals surface area contributed by atoms with Crippen LogP contribution in [0.15, 0.2) is 39.4 Å². The van der Waals surface area contributed by atoms with Gasteiger partial charge in [-0.1, -0.05) is 0 Å². The van der Waals surface area contributed by atoms with Crippen molar-refractivity contribution in [3.63, 3.8) is 0 Å². The summed E-state index contributed by atoms with van der Waals surface area (Å²) in [6.07, 6.45) is 0.350. The van der Waals surface area contributed by atoms with Gasteiger partial charge in [0.25, 0.3) is 0 Å². The largest absolute Gasteiger partial charge is 0.493 e. The number of hydrogen-bond donors (Lipinski definition) is 0. The van der Waals surface area contributed by atoms with Gasteiger partial charge in [0.2, 0.25) is 11.8 Å². The van der Waals surface area contributed by atoms with Gasteiger partial charge in [0.15, 0.2) is 11.5 Å². The Morgan fingerprint density at radius 1 is 1.32 bits per heavy atom. The fraction of sp³-hybridized carbons (Fsp3) is 0.176. The van der Waals surface area contributed by atoms with E-state index in [9.17, 15) is 4.79 Å². The average molecular weight is 355 g/mol. The van der Waals surface area contributed by atoms with E-state index in [4.69, 9.17) is 19.2 Å². The second-order valence-electron chi connectivity index (χ2n) is 4.96. The molecule has 1 aromatic carbocycles. The van der Waals surface area contributed by atoms with Gasteiger partial charge < -0.3 is 13.9 Å². The van der Waals surface area contributed by atoms with Crippen LogP contribution < -0.4 is 9.47 Å². The van der Waals surface area contributed by atoms with Crippen molar-refractivity contribution >= 4 is 17.3 Å². The predicted octanol–water partition coefficient (Wildman–Crippen LogP) is 3.22. The van der Waals surface area contributed by atoms with Crippen LogP contribution in [0.25, 0.3) is 11.5 Å². The van der Waals surface area contributed by atoms with Crippen LogP contribution in [0.1, 0.15) is 17.9 Å². The molecule has 2 aromatic heterocycles. The zero-order valence-corrected chi connectivity index (χ0v) is 14.1. The third-order valence-electron chi connectivity index (χ3n) is 3.29. The average Bonchev–Trinajstić information content (AvgIpc) is 3.31. The fourth-order valence-corrected chi connectivity index (χ4v) is 2.69. The van der Waals surface area contributed by atoms with E-state index in [1.807, 2.05) is 22.9 Å². The van der Waals surface area contributed by atoms with Crippen LogP contribution >= 0.6 is 11.3 Å². The molecule has 2 heterocycles. The van der Waals surface area contributed by atoms with Crippen molar-refractivity contribution in [2.75, 3.05) is 7.11 Å². The standard InChI is InChI=1S/C17H13N3O4S/c1-22-14-8-11(9-18)2-3-13(14)23-16(21)5-4-15-19-20-17(24-15)12-6-7-25-10-12/h2-3,6-8,10H,4-5H2,1H3. The van der Waals surface area contributed by atoms with E-state index in [0.29, 0.717) is 23.1 Å². The van der Waals surface area contributed by atoms with Gasteiger partial charge in [-0.05, 0) is 23.6 Å². The SMILES string of the molecule is COc1cc(C#N)ccc1OC(=O)CCc1nnc(-c2ccsc2)o1. The van der Waals surface area contributed by atoms with Crippen LogP contribution in [0.5, 0.6) is 11.5 Å². The van der Waals surface area contributed by atoms with Crippen molar-refractivity contribution in [3.05, 3.63) is 46.5 Å². The van der Waals surface area contributed by atoms with Gasteiger partial charge in [0.05, 0.1) is 25.2 Å². The quantitative estimate of drug-likeness (QED) is 0.494. The highest BCUT2D eigenvalue weighted by atomic mass is 32.1. The number of carbonyl (C=O) groups is 1. The third kappa shape index (κ3) is 4.02. The molecular formula is C17H13N3O4S. The maximum Gasteiger partial charge on any atom is 0.311 e. The van der Waals surface area contributed by atoms with Gasteiger partial charge in [-0.3, -0.25) is 4.79 Å². The lowest BCUT2D eigenvalue weighted by Crippen LogP contribution is -2.10. The lowest BCUT2D eigenvalue weighted by Gasteiger charge is -2.08. The molecule has 0 unspecified atom stereocenters. The van der Waals surface area contributed by atoms with Crippen LogP contribution in [-0.2, 0) is 11.2 Å². The van der Waals surface area contributed by atoms with Crippen LogP contribution in [0.4, 0.5) is 0 Å². The molecule has 0 radical (unpaired) electrons. The van der Waals surface area contributed by atoms with Gasteiger partial charge >= 0.3 is 5.97 Å². The Labute approximate surface area is 147 Å². The molecule has 0 N–H and O–H groups in total. The molecule has 3 aromatic rings. The minimum absolute atomic E-state index is 0.0778. The molecule has 8 heteroatoms. The number of hydrogen-bond acceptors (Lipinski definition) is 8. The first-order chi connectivity index (χ1) is 12.2. The van der Waals surface area contributed by atoms with Crippen molar-refractivity contribution in [2.45, 2.75) is 12.8 Å². The Balaban J connectivity index is 1.59. The van der Waals surface area contributed by atoms with E-state index in [1.54, 1.807) is 6.07 Å². The van der Waals surface area contributed by atoms with Crippen LogP contribution in [-0.4, -0.2) is 23.3 Å². The Hall–Kier alpha value is -3.18. The van der Waals surface area contributed by atoms with Gasteiger partial charge in [-0.15, -0.1) is 10.2 Å². The highest BCUT2D eigenvalue weighted by molar-refractivity contribution is 7.08. The number of benzene rings is 1. The first kappa shape index (κ1) is 16.7. The Kier molecular flexibility index (Phi) is 5.06. The van der Waals surface area contributed by atoms with E-state index >= 15 is 0 Å². The summed E-state index contributed by atoms with van der Waals surface area (Å²) >= 11 is 1.54. The number of aromatic nitrogens is 2. The Morgan fingerprint density at radius 3 is 2.92 bits per heavy atom. The van der Waals surface area contributed by atoms with Crippen molar-refractivity contribution < 1.29 is 18.7 Å². The first-order valence-corrected chi connectivity index (χ1v) is 8.27. The van der Waals surface area contributed by atoms with E-state index in [0.717, 1.165) is 5.56 Å². The summed E-state index contributed by atoms with van der Waals surface area (Å²) in [5.74, 6) is 0.919. The molecule has 0 aliphatic carbocycles. The molecule has 7 nitrogen and oxygen atoms in total. The molecule has 0 aliphatic rings. The molecule has 126 valence electrons. The molecule has 0 spiro atoms. The summed E-state index contributed by atoms with van der Waals surface area (Å²) < 4.78 is 15.9. The number of nitrogens with zero attached hydrogens (tertiary/aromatic N) is 3. The second kappa shape index (κ2) is 7.59. The molecule has 0 aliphatic heterocycles. The molecule has 0 saturated heterocycles. The normalized spacial score (nSPS) is 10.2. The number of methoxy groups -OCH3 is 1. The Morgan fingerprint density at radius 2 is 2.20 bits per heavy atom. The summed E-state index contributed by atoms with van der Waals surface area (Å²) in [4.78, 5) is 12.0. The maximum atomic E-state index is 12.0. The number of thiophene rings is 1. The number of nitriles is 1. The zero-order chi connectivity index (χ0) is 17.6. The van der Waals surface area contributed by atoms with Crippen LogP contribution in [0.3, 0.4) is 0 Å². The molecule has 25 heavy (non-hydrogen) atoms. The summed E-state index contributed by atoms with van der Waals surface area (Å²) in [5.41, 5.74) is 1.28. The number of ether oxygens (including phenoxy) is 2. The van der Waals surface area contributed by atoms with Crippen molar-refractivity contribution in [1.29, 1.82) is 5.26 Å². The molecule has 0 saturated carbocycles. The highest BCUT2D eigenvalue weighted by Crippen LogP contribution is 2.28. The number of carbonyl (C=O) groups excluding carboxylic acids is 1. The van der Waals surface area contributed by atoms with Crippen molar-refractivity contribution in [1.82, 2.24) is 10.2 Å². The number of esters is 1. The van der Waals surface area contributed by atoms with Crippen LogP contribution in [0, 0.1) is 11.3 Å². The monoisotopic (exact) mass is 355 g/mol. The van der Waals surface area contributed by atoms with E-state index < -0.39 is 5.97 Å². The second-order valence-corrected chi connectivity index (χ2v) is 5.74. The van der Waals surface area contributed by atoms with Crippen molar-refractivity contribution in [2.24, 2.45) is 0 Å². The Bertz CT molecular complexity index is 912. The zero-order valence-electron chi connectivity index (χ0n) is 13.3. The fourth-order valence-electron chi connectivity index (χ4n) is 2.06. The molecule has 0 atom stereocenters. The molecule has 3 rings (SSSR count). The van der Waals surface area contributed by atoms with Gasteiger partial charge in [0.1, 0.15) is 0 Å². The minimum Gasteiger partial charge on any atom is -0.493 e. The lowest BCUT2D eigenvalue weighted by molar-refractivity contribution is -0.134. The van der Waals surface area contributed by atoms with Gasteiger partial charge in [0, 0.05) is 23.4 Å². The minimum atomic E-state index is -0.460. The molecule has 0 bridgehead atoms. The van der Waals surface area contributed by atoms with Gasteiger partial charge in [-0.2, -0.15) is 16.6 Å². The number of rotatable bonds is 6. The molecular weight excluding hydrogens is 342 g/mol. The summed E-state index contributed by atoms with van der Waals surface area (Å²) in [7, 11) is 1.44. The highest BCUT2D eigenvalue weighted by Gasteiger charge is 2.14. The molecule has 0 amide bonds. The predicted molar refractivity (Wildman–Crippen MR) is 89.3 cm³/mol. The first-order valence-electron chi connectivity index (χ1n) is 7.33. The topological polar surface area (TPSA) is 98.2 Å². The smallest absolute Gasteiger partial charge is 0.311 e. The summed E-state index contributed by atoms with van der Waals surface area (Å²) in [6.45, 7) is 0. The number of aryl methyl sites for hydroxylation is 1. The summed E-state index contributed by atoms with van der Waals surface area (Å²) in [6, 6.07) is 8.46. The van der Waals surface area contributed by atoms with E-state index in [2.05, 4.69) is 10.2 Å². The van der Waals surface area contributed by atoms with E-state index in [1.165, 1.54) is 30.6 Å². The van der Waals surface area contributed by atoms with Gasteiger partial charge in [-0.25, -0.2) is 0 Å². The van der Waals surface area contributed by atoms with Crippen molar-refractivity contribution in [3.8, 4) is 29.0 Å². The summed E-state index contributed by atoms with van der Waals surface area (Å²) in [5, 5.41) is 20.6. The lowest BCUT2D eigenvalue weighted by atomic mass is 10.2. The van der Waals surface area contributed by atoms with Crippen LogP contribution in [0.2, 0.25) is 0 Å². The molecule has 0 fully saturated rings.